The lowest BCUT2D eigenvalue weighted by Gasteiger charge is -2.11. The average Bonchev–Trinajstić information content (AvgIpc) is 2.78. The monoisotopic (exact) mass is 442 g/mol. The van der Waals surface area contributed by atoms with Gasteiger partial charge in [-0.05, 0) is 49.7 Å². The van der Waals surface area contributed by atoms with Gasteiger partial charge in [0.25, 0.3) is 0 Å². The minimum Gasteiger partial charge on any atom is -0.376 e. The van der Waals surface area contributed by atoms with Crippen LogP contribution in [0.5, 0.6) is 0 Å². The lowest BCUT2D eigenvalue weighted by molar-refractivity contribution is -0.114. The maximum atomic E-state index is 12.6. The summed E-state index contributed by atoms with van der Waals surface area (Å²) in [6.45, 7) is 4.15. The van der Waals surface area contributed by atoms with Crippen LogP contribution in [-0.4, -0.2) is 22.4 Å². The van der Waals surface area contributed by atoms with Crippen LogP contribution in [0.25, 0.3) is 22.5 Å². The van der Waals surface area contributed by atoms with Crippen molar-refractivity contribution in [1.29, 1.82) is 0 Å². The molecule has 6 heteroatoms. The van der Waals surface area contributed by atoms with Gasteiger partial charge < -0.3 is 5.32 Å². The molecule has 0 unspecified atom stereocenters. The second kappa shape index (κ2) is 9.62. The number of aromatic nitrogens is 2. The number of aryl methyl sites for hydroxylation is 2. The highest BCUT2D eigenvalue weighted by Gasteiger charge is 2.11. The number of carbonyl (C=O) groups excluding carboxylic acids is 1. The van der Waals surface area contributed by atoms with Crippen LogP contribution in [-0.2, 0) is 4.79 Å². The summed E-state index contributed by atoms with van der Waals surface area (Å²) in [6.07, 6.45) is 0. The number of nitrogens with zero attached hydrogens (tertiary/aromatic N) is 2. The zero-order chi connectivity index (χ0) is 22.5. The van der Waals surface area contributed by atoms with Crippen LogP contribution in [0.3, 0.4) is 0 Å². The largest absolute Gasteiger partial charge is 0.376 e. The van der Waals surface area contributed by atoms with Crippen LogP contribution in [0.15, 0.2) is 78.9 Å². The van der Waals surface area contributed by atoms with Crippen LogP contribution < -0.4 is 10.6 Å². The van der Waals surface area contributed by atoms with Gasteiger partial charge >= 0.3 is 0 Å². The predicted octanol–water partition coefficient (Wildman–Crippen LogP) is 6.13. The van der Waals surface area contributed by atoms with E-state index in [0.29, 0.717) is 10.7 Å². The quantitative estimate of drug-likeness (QED) is 0.377. The Morgan fingerprint density at radius 1 is 0.812 bits per heavy atom. The van der Waals surface area contributed by atoms with Crippen LogP contribution in [0.1, 0.15) is 11.1 Å². The Morgan fingerprint density at radius 3 is 2.06 bits per heavy atom. The third-order valence-corrected chi connectivity index (χ3v) is 5.19. The molecule has 1 heterocycles. The fourth-order valence-electron chi connectivity index (χ4n) is 3.25. The summed E-state index contributed by atoms with van der Waals surface area (Å²) < 4.78 is 0. The topological polar surface area (TPSA) is 66.9 Å². The molecule has 0 radical (unpaired) electrons. The van der Waals surface area contributed by atoms with Gasteiger partial charge in [0.15, 0.2) is 0 Å². The fourth-order valence-corrected chi connectivity index (χ4v) is 3.38. The number of amides is 1. The molecule has 160 valence electrons. The minimum absolute atomic E-state index is 0.109. The highest BCUT2D eigenvalue weighted by atomic mass is 35.5. The first-order valence-corrected chi connectivity index (χ1v) is 10.7. The van der Waals surface area contributed by atoms with Gasteiger partial charge in [0.05, 0.1) is 17.9 Å². The van der Waals surface area contributed by atoms with Crippen LogP contribution in [0.4, 0.5) is 11.6 Å². The molecule has 2 N–H and O–H groups in total. The van der Waals surface area contributed by atoms with Crippen molar-refractivity contribution >= 4 is 29.1 Å². The first-order valence-electron chi connectivity index (χ1n) is 10.3. The van der Waals surface area contributed by atoms with Gasteiger partial charge in [0, 0.05) is 21.8 Å². The van der Waals surface area contributed by atoms with Gasteiger partial charge in [0.1, 0.15) is 0 Å². The van der Waals surface area contributed by atoms with Gasteiger partial charge in [-0.25, -0.2) is 9.97 Å². The molecule has 0 aliphatic carbocycles. The Kier molecular flexibility index (Phi) is 6.47. The molecular weight excluding hydrogens is 420 g/mol. The number of halogens is 1. The van der Waals surface area contributed by atoms with E-state index in [1.807, 2.05) is 92.7 Å². The Balaban J connectivity index is 1.60. The molecule has 1 amide bonds. The van der Waals surface area contributed by atoms with Gasteiger partial charge in [-0.15, -0.1) is 0 Å². The van der Waals surface area contributed by atoms with Crippen molar-refractivity contribution in [3.05, 3.63) is 95.0 Å². The van der Waals surface area contributed by atoms with E-state index in [2.05, 4.69) is 20.6 Å². The van der Waals surface area contributed by atoms with Crippen molar-refractivity contribution < 1.29 is 4.79 Å². The molecule has 32 heavy (non-hydrogen) atoms. The number of rotatable bonds is 6. The van der Waals surface area contributed by atoms with Crippen molar-refractivity contribution in [3.8, 4) is 22.5 Å². The predicted molar refractivity (Wildman–Crippen MR) is 131 cm³/mol. The molecule has 0 saturated heterocycles. The molecule has 0 fully saturated rings. The summed E-state index contributed by atoms with van der Waals surface area (Å²) in [7, 11) is 0. The number of hydrogen-bond donors (Lipinski definition) is 2. The average molecular weight is 443 g/mol. The van der Waals surface area contributed by atoms with E-state index in [0.717, 1.165) is 33.6 Å². The highest BCUT2D eigenvalue weighted by Crippen LogP contribution is 2.26. The smallest absolute Gasteiger partial charge is 0.246 e. The summed E-state index contributed by atoms with van der Waals surface area (Å²) in [5, 5.41) is 6.60. The molecule has 0 aliphatic rings. The molecule has 3 aromatic carbocycles. The molecule has 0 spiro atoms. The van der Waals surface area contributed by atoms with Crippen molar-refractivity contribution in [2.45, 2.75) is 13.8 Å². The Hall–Kier alpha value is -3.70. The van der Waals surface area contributed by atoms with Gasteiger partial charge in [0.2, 0.25) is 11.9 Å². The Bertz CT molecular complexity index is 1170. The summed E-state index contributed by atoms with van der Waals surface area (Å²) in [5.74, 6) is 0.0266. The summed E-state index contributed by atoms with van der Waals surface area (Å²) in [5.41, 5.74) is 6.44. The zero-order valence-electron chi connectivity index (χ0n) is 17.9. The first kappa shape index (κ1) is 21.5. The normalized spacial score (nSPS) is 10.6. The van der Waals surface area contributed by atoms with Crippen LogP contribution >= 0.6 is 11.6 Å². The van der Waals surface area contributed by atoms with Crippen LogP contribution in [0, 0.1) is 13.8 Å². The van der Waals surface area contributed by atoms with Crippen molar-refractivity contribution in [3.63, 3.8) is 0 Å². The van der Waals surface area contributed by atoms with Crippen molar-refractivity contribution in [2.75, 3.05) is 17.2 Å². The third-order valence-electron chi connectivity index (χ3n) is 4.94. The first-order chi connectivity index (χ1) is 15.5. The van der Waals surface area contributed by atoms with Gasteiger partial charge in [-0.3, -0.25) is 10.1 Å². The maximum Gasteiger partial charge on any atom is 0.246 e. The van der Waals surface area contributed by atoms with E-state index in [9.17, 15) is 4.79 Å². The van der Waals surface area contributed by atoms with Crippen molar-refractivity contribution in [1.82, 2.24) is 9.97 Å². The molecule has 0 aliphatic heterocycles. The highest BCUT2D eigenvalue weighted by molar-refractivity contribution is 6.30. The van der Waals surface area contributed by atoms with E-state index in [-0.39, 0.29) is 18.4 Å². The molecule has 0 saturated carbocycles. The number of carbonyl (C=O) groups is 1. The lowest BCUT2D eigenvalue weighted by Crippen LogP contribution is -2.23. The lowest BCUT2D eigenvalue weighted by atomic mass is 10.1. The standard InChI is InChI=1S/C26H23ClN4O/c1-17-6-8-19(9-7-17)23-15-24(20-10-12-21(27)13-11-20)30-26(29-23)31-25(32)16-28-22-5-3-4-18(2)14-22/h3-15,28H,16H2,1-2H3,(H,29,30,31,32). The van der Waals surface area contributed by atoms with E-state index < -0.39 is 0 Å². The number of anilines is 2. The van der Waals surface area contributed by atoms with Gasteiger partial charge in [-0.2, -0.15) is 0 Å². The van der Waals surface area contributed by atoms with Gasteiger partial charge in [-0.1, -0.05) is 65.7 Å². The van der Waals surface area contributed by atoms with E-state index in [4.69, 9.17) is 11.6 Å². The van der Waals surface area contributed by atoms with Crippen molar-refractivity contribution in [2.24, 2.45) is 0 Å². The van der Waals surface area contributed by atoms with Crippen LogP contribution in [0.2, 0.25) is 5.02 Å². The number of benzene rings is 3. The molecule has 0 bridgehead atoms. The summed E-state index contributed by atoms with van der Waals surface area (Å²) in [4.78, 5) is 21.7. The molecular formula is C26H23ClN4O. The zero-order valence-corrected chi connectivity index (χ0v) is 18.6. The summed E-state index contributed by atoms with van der Waals surface area (Å²) in [6, 6.07) is 25.3. The minimum atomic E-state index is -0.227. The summed E-state index contributed by atoms with van der Waals surface area (Å²) >= 11 is 6.04. The molecule has 4 aromatic rings. The fraction of sp³-hybridized carbons (Fsp3) is 0.115. The second-order valence-electron chi connectivity index (χ2n) is 7.61. The molecule has 4 rings (SSSR count). The third kappa shape index (κ3) is 5.50. The maximum absolute atomic E-state index is 12.6. The van der Waals surface area contributed by atoms with E-state index in [1.165, 1.54) is 0 Å². The number of hydrogen-bond acceptors (Lipinski definition) is 4. The Labute approximate surface area is 192 Å². The van der Waals surface area contributed by atoms with E-state index in [1.54, 1.807) is 0 Å². The molecule has 0 atom stereocenters. The molecule has 5 nitrogen and oxygen atoms in total. The number of nitrogens with one attached hydrogen (secondary N) is 2. The van der Waals surface area contributed by atoms with E-state index >= 15 is 0 Å². The molecule has 1 aromatic heterocycles. The SMILES string of the molecule is Cc1ccc(-c2cc(-c3ccc(Cl)cc3)nc(NC(=O)CNc3cccc(C)c3)n2)cc1. The Morgan fingerprint density at radius 2 is 1.44 bits per heavy atom. The second-order valence-corrected chi connectivity index (χ2v) is 8.04.